The van der Waals surface area contributed by atoms with Gasteiger partial charge in [-0.05, 0) is 30.9 Å². The number of rotatable bonds is 1. The highest BCUT2D eigenvalue weighted by Gasteiger charge is 2.19. The maximum atomic E-state index is 5.87. The molecule has 1 fully saturated rings. The van der Waals surface area contributed by atoms with E-state index in [2.05, 4.69) is 11.8 Å². The zero-order chi connectivity index (χ0) is 11.5. The van der Waals surface area contributed by atoms with Crippen molar-refractivity contribution in [3.05, 3.63) is 34.9 Å². The minimum atomic E-state index is 0.749. The predicted octanol–water partition coefficient (Wildman–Crippen LogP) is 3.75. The molecule has 0 unspecified atom stereocenters. The summed E-state index contributed by atoms with van der Waals surface area (Å²) in [4.78, 5) is 3.27. The Balaban J connectivity index is 2.09. The topological polar surface area (TPSA) is 3.24 Å². The molecule has 1 saturated heterocycles. The Morgan fingerprint density at radius 2 is 2.06 bits per heavy atom. The average Bonchev–Trinajstić information content (AvgIpc) is 2.29. The van der Waals surface area contributed by atoms with Crippen molar-refractivity contribution < 1.29 is 0 Å². The maximum absolute atomic E-state index is 5.87. The first-order valence-electron chi connectivity index (χ1n) is 5.71. The summed E-state index contributed by atoms with van der Waals surface area (Å²) < 4.78 is 0. The van der Waals surface area contributed by atoms with Crippen LogP contribution in [0.25, 0.3) is 0 Å². The fraction of sp³-hybridized carbons (Fsp3) is 0.462. The summed E-state index contributed by atoms with van der Waals surface area (Å²) in [6, 6.07) is 7.81. The normalized spacial score (nSPS) is 20.9. The molecule has 0 saturated carbocycles. The zero-order valence-electron chi connectivity index (χ0n) is 9.45. The molecule has 0 amide bonds. The minimum absolute atomic E-state index is 0.749. The largest absolute Gasteiger partial charge is 0.362 e. The van der Waals surface area contributed by atoms with Crippen LogP contribution in [0.1, 0.15) is 25.3 Å². The fourth-order valence-corrected chi connectivity index (χ4v) is 2.58. The second kappa shape index (κ2) is 5.15. The van der Waals surface area contributed by atoms with Gasteiger partial charge in [-0.3, -0.25) is 0 Å². The molecule has 0 radical (unpaired) electrons. The van der Waals surface area contributed by atoms with Crippen molar-refractivity contribution >= 4 is 28.8 Å². The van der Waals surface area contributed by atoms with E-state index in [1.165, 1.54) is 12.8 Å². The lowest BCUT2D eigenvalue weighted by molar-refractivity contribution is 0.277. The molecule has 1 aromatic carbocycles. The van der Waals surface area contributed by atoms with Gasteiger partial charge in [-0.2, -0.15) is 0 Å². The average molecular weight is 254 g/mol. The molecule has 86 valence electrons. The number of likely N-dealkylation sites (tertiary alicyclic amines) is 1. The number of hydrogen-bond acceptors (Lipinski definition) is 1. The summed E-state index contributed by atoms with van der Waals surface area (Å²) in [6.07, 6.45) is 2.56. The highest BCUT2D eigenvalue weighted by Crippen LogP contribution is 2.19. The van der Waals surface area contributed by atoms with Gasteiger partial charge in [-0.1, -0.05) is 42.9 Å². The monoisotopic (exact) mass is 253 g/mol. The third kappa shape index (κ3) is 2.74. The van der Waals surface area contributed by atoms with Crippen molar-refractivity contribution in [3.8, 4) is 0 Å². The van der Waals surface area contributed by atoms with Gasteiger partial charge in [-0.25, -0.2) is 0 Å². The van der Waals surface area contributed by atoms with E-state index in [0.717, 1.165) is 34.6 Å². The van der Waals surface area contributed by atoms with Crippen LogP contribution in [0.4, 0.5) is 0 Å². The number of nitrogens with zero attached hydrogens (tertiary/aromatic N) is 1. The molecule has 0 N–H and O–H groups in total. The van der Waals surface area contributed by atoms with Crippen LogP contribution >= 0.6 is 23.8 Å². The van der Waals surface area contributed by atoms with Gasteiger partial charge in [0.2, 0.25) is 0 Å². The minimum Gasteiger partial charge on any atom is -0.362 e. The van der Waals surface area contributed by atoms with Crippen LogP contribution in [0.2, 0.25) is 5.02 Å². The Bertz CT molecular complexity index is 374. The Morgan fingerprint density at radius 1 is 1.38 bits per heavy atom. The van der Waals surface area contributed by atoms with E-state index in [1.54, 1.807) is 0 Å². The van der Waals surface area contributed by atoms with Crippen LogP contribution in [0, 0.1) is 5.92 Å². The number of thiocarbonyl (C=S) groups is 1. The number of halogens is 1. The van der Waals surface area contributed by atoms with Crippen molar-refractivity contribution in [1.82, 2.24) is 4.90 Å². The van der Waals surface area contributed by atoms with Crippen molar-refractivity contribution in [2.45, 2.75) is 19.8 Å². The summed E-state index contributed by atoms with van der Waals surface area (Å²) >= 11 is 11.4. The standard InChI is InChI=1S/C13H16ClNS/c1-10-3-2-8-15(9-10)13(16)11-4-6-12(14)7-5-11/h4-7,10H,2-3,8-9H2,1H3/t10-/m1/s1. The van der Waals surface area contributed by atoms with Gasteiger partial charge >= 0.3 is 0 Å². The predicted molar refractivity (Wildman–Crippen MR) is 73.1 cm³/mol. The van der Waals surface area contributed by atoms with Gasteiger partial charge in [-0.15, -0.1) is 0 Å². The summed E-state index contributed by atoms with van der Waals surface area (Å²) in [5.74, 6) is 0.749. The van der Waals surface area contributed by atoms with E-state index >= 15 is 0 Å². The van der Waals surface area contributed by atoms with Crippen molar-refractivity contribution in [2.24, 2.45) is 5.92 Å². The maximum Gasteiger partial charge on any atom is 0.109 e. The van der Waals surface area contributed by atoms with E-state index in [9.17, 15) is 0 Å². The van der Waals surface area contributed by atoms with Crippen LogP contribution in [-0.2, 0) is 0 Å². The Hall–Kier alpha value is -0.600. The van der Waals surface area contributed by atoms with Crippen LogP contribution in [-0.4, -0.2) is 23.0 Å². The van der Waals surface area contributed by atoms with Gasteiger partial charge < -0.3 is 4.90 Å². The molecule has 3 heteroatoms. The molecule has 1 heterocycles. The Kier molecular flexibility index (Phi) is 3.82. The number of benzene rings is 1. The third-order valence-electron chi connectivity index (χ3n) is 3.04. The molecule has 0 bridgehead atoms. The molecule has 1 aromatic rings. The first-order chi connectivity index (χ1) is 7.66. The molecule has 0 aromatic heterocycles. The molecular formula is C13H16ClNS. The first kappa shape index (κ1) is 11.9. The summed E-state index contributed by atoms with van der Waals surface area (Å²) in [5.41, 5.74) is 1.11. The summed E-state index contributed by atoms with van der Waals surface area (Å²) in [7, 11) is 0. The highest BCUT2D eigenvalue weighted by molar-refractivity contribution is 7.80. The smallest absolute Gasteiger partial charge is 0.109 e. The van der Waals surface area contributed by atoms with Crippen molar-refractivity contribution in [2.75, 3.05) is 13.1 Å². The molecule has 2 rings (SSSR count). The molecule has 0 spiro atoms. The second-order valence-electron chi connectivity index (χ2n) is 4.51. The van der Waals surface area contributed by atoms with Gasteiger partial charge in [0.1, 0.15) is 4.99 Å². The quantitative estimate of drug-likeness (QED) is 0.702. The molecular weight excluding hydrogens is 238 g/mol. The van der Waals surface area contributed by atoms with E-state index in [0.29, 0.717) is 0 Å². The highest BCUT2D eigenvalue weighted by atomic mass is 35.5. The van der Waals surface area contributed by atoms with E-state index in [-0.39, 0.29) is 0 Å². The Labute approximate surface area is 107 Å². The lowest BCUT2D eigenvalue weighted by Crippen LogP contribution is -2.38. The van der Waals surface area contributed by atoms with Gasteiger partial charge in [0, 0.05) is 23.7 Å². The van der Waals surface area contributed by atoms with Gasteiger partial charge in [0.05, 0.1) is 0 Å². The first-order valence-corrected chi connectivity index (χ1v) is 6.50. The molecule has 1 aliphatic rings. The molecule has 1 atom stereocenters. The lowest BCUT2D eigenvalue weighted by Gasteiger charge is -2.33. The van der Waals surface area contributed by atoms with Gasteiger partial charge in [0.15, 0.2) is 0 Å². The molecule has 1 nitrogen and oxygen atoms in total. The fourth-order valence-electron chi connectivity index (χ4n) is 2.15. The van der Waals surface area contributed by atoms with Crippen LogP contribution < -0.4 is 0 Å². The van der Waals surface area contributed by atoms with E-state index < -0.39 is 0 Å². The summed E-state index contributed by atoms with van der Waals surface area (Å²) in [5, 5.41) is 0.763. The zero-order valence-corrected chi connectivity index (χ0v) is 11.0. The van der Waals surface area contributed by atoms with E-state index in [4.69, 9.17) is 23.8 Å². The van der Waals surface area contributed by atoms with Crippen LogP contribution in [0.3, 0.4) is 0 Å². The lowest BCUT2D eigenvalue weighted by atomic mass is 10.00. The second-order valence-corrected chi connectivity index (χ2v) is 5.33. The number of piperidine rings is 1. The van der Waals surface area contributed by atoms with Crippen molar-refractivity contribution in [1.29, 1.82) is 0 Å². The third-order valence-corrected chi connectivity index (χ3v) is 3.78. The van der Waals surface area contributed by atoms with Gasteiger partial charge in [0.25, 0.3) is 0 Å². The number of hydrogen-bond donors (Lipinski definition) is 0. The molecule has 1 aliphatic heterocycles. The SMILES string of the molecule is C[C@@H]1CCCN(C(=S)c2ccc(Cl)cc2)C1. The molecule has 0 aliphatic carbocycles. The van der Waals surface area contributed by atoms with Crippen molar-refractivity contribution in [3.63, 3.8) is 0 Å². The van der Waals surface area contributed by atoms with E-state index in [1.807, 2.05) is 24.3 Å². The van der Waals surface area contributed by atoms with Crippen LogP contribution in [0.15, 0.2) is 24.3 Å². The summed E-state index contributed by atoms with van der Waals surface area (Å²) in [6.45, 7) is 4.46. The van der Waals surface area contributed by atoms with Crippen LogP contribution in [0.5, 0.6) is 0 Å². The molecule has 16 heavy (non-hydrogen) atoms. The Morgan fingerprint density at radius 3 is 2.69 bits per heavy atom.